The molecule has 1 N–H and O–H groups in total. The van der Waals surface area contributed by atoms with Gasteiger partial charge in [0, 0.05) is 50.9 Å². The molecular formula is C12H24N4OS. The summed E-state index contributed by atoms with van der Waals surface area (Å²) >= 11 is 1.81. The third-order valence-corrected chi connectivity index (χ3v) is 4.50. The van der Waals surface area contributed by atoms with Gasteiger partial charge in [-0.15, -0.1) is 11.8 Å². The van der Waals surface area contributed by atoms with Crippen molar-refractivity contribution in [2.45, 2.75) is 6.04 Å². The second-order valence-corrected chi connectivity index (χ2v) is 6.27. The maximum atomic E-state index is 12.2. The molecule has 0 radical (unpaired) electrons. The topological polar surface area (TPSA) is 38.8 Å². The van der Waals surface area contributed by atoms with Crippen LogP contribution in [0, 0.1) is 0 Å². The molecule has 6 heteroatoms. The summed E-state index contributed by atoms with van der Waals surface area (Å²) in [7, 11) is 4.20. The highest BCUT2D eigenvalue weighted by atomic mass is 32.2. The van der Waals surface area contributed by atoms with Gasteiger partial charge in [0.25, 0.3) is 0 Å². The van der Waals surface area contributed by atoms with Gasteiger partial charge in [-0.05, 0) is 14.1 Å². The van der Waals surface area contributed by atoms with E-state index < -0.39 is 0 Å². The van der Waals surface area contributed by atoms with E-state index in [1.54, 1.807) is 0 Å². The lowest BCUT2D eigenvalue weighted by atomic mass is 10.2. The highest BCUT2D eigenvalue weighted by molar-refractivity contribution is 7.99. The summed E-state index contributed by atoms with van der Waals surface area (Å²) in [5, 5.41) is 3.26. The van der Waals surface area contributed by atoms with Gasteiger partial charge in [-0.2, -0.15) is 0 Å². The fourth-order valence-electron chi connectivity index (χ4n) is 2.31. The summed E-state index contributed by atoms with van der Waals surface area (Å²) in [6, 6.07) is 0.0586. The first-order valence-corrected chi connectivity index (χ1v) is 7.79. The molecule has 1 unspecified atom stereocenters. The SMILES string of the molecule is CN(C)CCN1CCN(C(=O)C2CSCN2)CC1. The van der Waals surface area contributed by atoms with Crippen LogP contribution in [0.3, 0.4) is 0 Å². The predicted octanol–water partition coefficient (Wildman–Crippen LogP) is -0.645. The van der Waals surface area contributed by atoms with E-state index in [1.807, 2.05) is 16.7 Å². The summed E-state index contributed by atoms with van der Waals surface area (Å²) in [5.74, 6) is 2.14. The molecule has 2 heterocycles. The largest absolute Gasteiger partial charge is 0.339 e. The monoisotopic (exact) mass is 272 g/mol. The molecule has 2 aliphatic rings. The van der Waals surface area contributed by atoms with Crippen molar-refractivity contribution in [3.63, 3.8) is 0 Å². The summed E-state index contributed by atoms with van der Waals surface area (Å²) in [4.78, 5) is 18.9. The van der Waals surface area contributed by atoms with Gasteiger partial charge in [-0.1, -0.05) is 0 Å². The molecule has 2 saturated heterocycles. The number of nitrogens with zero attached hydrogens (tertiary/aromatic N) is 3. The van der Waals surface area contributed by atoms with E-state index in [-0.39, 0.29) is 6.04 Å². The van der Waals surface area contributed by atoms with Crippen LogP contribution in [0.15, 0.2) is 0 Å². The van der Waals surface area contributed by atoms with Crippen LogP contribution in [0.2, 0.25) is 0 Å². The van der Waals surface area contributed by atoms with Crippen LogP contribution in [0.25, 0.3) is 0 Å². The zero-order valence-corrected chi connectivity index (χ0v) is 12.2. The van der Waals surface area contributed by atoms with Gasteiger partial charge in [0.1, 0.15) is 0 Å². The molecule has 0 aliphatic carbocycles. The molecule has 2 fully saturated rings. The molecule has 0 aromatic rings. The number of likely N-dealkylation sites (N-methyl/N-ethyl adjacent to an activating group) is 1. The molecule has 0 saturated carbocycles. The fraction of sp³-hybridized carbons (Fsp3) is 0.917. The van der Waals surface area contributed by atoms with Gasteiger partial charge in [-0.25, -0.2) is 0 Å². The van der Waals surface area contributed by atoms with Crippen LogP contribution >= 0.6 is 11.8 Å². The number of carbonyl (C=O) groups is 1. The molecule has 2 aliphatic heterocycles. The molecule has 2 rings (SSSR count). The number of rotatable bonds is 4. The van der Waals surface area contributed by atoms with E-state index in [4.69, 9.17) is 0 Å². The van der Waals surface area contributed by atoms with Gasteiger partial charge in [-0.3, -0.25) is 15.0 Å². The van der Waals surface area contributed by atoms with Gasteiger partial charge >= 0.3 is 0 Å². The average Bonchev–Trinajstić information content (AvgIpc) is 2.90. The first kappa shape index (κ1) is 14.1. The zero-order valence-electron chi connectivity index (χ0n) is 11.4. The molecular weight excluding hydrogens is 248 g/mol. The zero-order chi connectivity index (χ0) is 13.0. The first-order chi connectivity index (χ1) is 8.66. The highest BCUT2D eigenvalue weighted by Gasteiger charge is 2.29. The first-order valence-electron chi connectivity index (χ1n) is 6.64. The summed E-state index contributed by atoms with van der Waals surface area (Å²) in [5.41, 5.74) is 0. The van der Waals surface area contributed by atoms with E-state index in [0.29, 0.717) is 5.91 Å². The van der Waals surface area contributed by atoms with Gasteiger partial charge in [0.05, 0.1) is 6.04 Å². The van der Waals surface area contributed by atoms with Crippen LogP contribution in [-0.2, 0) is 4.79 Å². The van der Waals surface area contributed by atoms with E-state index >= 15 is 0 Å². The van der Waals surface area contributed by atoms with Crippen molar-refractivity contribution in [2.75, 3.05) is 65.0 Å². The number of thioether (sulfide) groups is 1. The predicted molar refractivity (Wildman–Crippen MR) is 75.8 cm³/mol. The summed E-state index contributed by atoms with van der Waals surface area (Å²) < 4.78 is 0. The third-order valence-electron chi connectivity index (χ3n) is 3.56. The molecule has 1 atom stereocenters. The molecule has 0 bridgehead atoms. The lowest BCUT2D eigenvalue weighted by molar-refractivity contribution is -0.134. The normalized spacial score (nSPS) is 25.9. The number of piperazine rings is 1. The Balaban J connectivity index is 1.70. The lowest BCUT2D eigenvalue weighted by Crippen LogP contribution is -2.54. The number of carbonyl (C=O) groups excluding carboxylic acids is 1. The van der Waals surface area contributed by atoms with Gasteiger partial charge in [0.2, 0.25) is 5.91 Å². The number of amides is 1. The van der Waals surface area contributed by atoms with Crippen molar-refractivity contribution in [1.82, 2.24) is 20.0 Å². The Bertz CT molecular complexity index is 273. The second-order valence-electron chi connectivity index (χ2n) is 5.24. The van der Waals surface area contributed by atoms with E-state index in [9.17, 15) is 4.79 Å². The molecule has 18 heavy (non-hydrogen) atoms. The van der Waals surface area contributed by atoms with Crippen molar-refractivity contribution >= 4 is 17.7 Å². The Kier molecular flexibility index (Phi) is 5.29. The second kappa shape index (κ2) is 6.75. The van der Waals surface area contributed by atoms with Crippen molar-refractivity contribution in [2.24, 2.45) is 0 Å². The lowest BCUT2D eigenvalue weighted by Gasteiger charge is -2.36. The van der Waals surface area contributed by atoms with Crippen LogP contribution < -0.4 is 5.32 Å². The molecule has 0 aromatic heterocycles. The Morgan fingerprint density at radius 2 is 2.06 bits per heavy atom. The molecule has 5 nitrogen and oxygen atoms in total. The maximum absolute atomic E-state index is 12.2. The van der Waals surface area contributed by atoms with Crippen molar-refractivity contribution in [3.8, 4) is 0 Å². The van der Waals surface area contributed by atoms with Crippen molar-refractivity contribution in [1.29, 1.82) is 0 Å². The number of nitrogens with one attached hydrogen (secondary N) is 1. The Morgan fingerprint density at radius 1 is 1.33 bits per heavy atom. The summed E-state index contributed by atoms with van der Waals surface area (Å²) in [6.45, 7) is 5.99. The van der Waals surface area contributed by atoms with Gasteiger partial charge < -0.3 is 9.80 Å². The Morgan fingerprint density at radius 3 is 2.61 bits per heavy atom. The molecule has 1 amide bonds. The average molecular weight is 272 g/mol. The van der Waals surface area contributed by atoms with E-state index in [1.165, 1.54) is 0 Å². The van der Waals surface area contributed by atoms with Crippen LogP contribution in [0.4, 0.5) is 0 Å². The highest BCUT2D eigenvalue weighted by Crippen LogP contribution is 2.13. The molecule has 104 valence electrons. The maximum Gasteiger partial charge on any atom is 0.240 e. The minimum Gasteiger partial charge on any atom is -0.339 e. The van der Waals surface area contributed by atoms with E-state index in [2.05, 4.69) is 29.2 Å². The minimum atomic E-state index is 0.0586. The number of hydrogen-bond acceptors (Lipinski definition) is 5. The third kappa shape index (κ3) is 3.85. The van der Waals surface area contributed by atoms with Crippen molar-refractivity contribution in [3.05, 3.63) is 0 Å². The Hall–Kier alpha value is -0.300. The van der Waals surface area contributed by atoms with Gasteiger partial charge in [0.15, 0.2) is 0 Å². The summed E-state index contributed by atoms with van der Waals surface area (Å²) in [6.07, 6.45) is 0. The smallest absolute Gasteiger partial charge is 0.240 e. The van der Waals surface area contributed by atoms with Crippen LogP contribution in [-0.4, -0.2) is 91.6 Å². The Labute approximate surface area is 114 Å². The fourth-order valence-corrected chi connectivity index (χ4v) is 3.24. The van der Waals surface area contributed by atoms with Crippen LogP contribution in [0.5, 0.6) is 0 Å². The quantitative estimate of drug-likeness (QED) is 0.737. The minimum absolute atomic E-state index is 0.0586. The standard InChI is InChI=1S/C12H24N4OS/c1-14(2)3-4-15-5-7-16(8-6-15)12(17)11-9-18-10-13-11/h11,13H,3-10H2,1-2H3. The molecule has 0 spiro atoms. The van der Waals surface area contributed by atoms with E-state index in [0.717, 1.165) is 50.9 Å². The molecule has 0 aromatic carbocycles. The van der Waals surface area contributed by atoms with Crippen LogP contribution in [0.1, 0.15) is 0 Å². The van der Waals surface area contributed by atoms with Crippen molar-refractivity contribution < 1.29 is 4.79 Å². The number of hydrogen-bond donors (Lipinski definition) is 1.